The predicted octanol–water partition coefficient (Wildman–Crippen LogP) is 1.38. The van der Waals surface area contributed by atoms with Gasteiger partial charge in [0.15, 0.2) is 6.10 Å². The van der Waals surface area contributed by atoms with Gasteiger partial charge in [-0.05, 0) is 25.5 Å². The summed E-state index contributed by atoms with van der Waals surface area (Å²) in [4.78, 5) is 24.6. The number of carbonyl (C=O) groups excluding carboxylic acids is 2. The third-order valence-corrected chi connectivity index (χ3v) is 3.67. The molecule has 0 saturated carbocycles. The molecule has 0 radical (unpaired) electrons. The quantitative estimate of drug-likeness (QED) is 0.881. The summed E-state index contributed by atoms with van der Waals surface area (Å²) < 4.78 is 5.54. The molecule has 0 bridgehead atoms. The lowest BCUT2D eigenvalue weighted by atomic mass is 10.2. The third-order valence-electron chi connectivity index (χ3n) is 3.36. The van der Waals surface area contributed by atoms with E-state index in [1.165, 1.54) is 4.90 Å². The summed E-state index contributed by atoms with van der Waals surface area (Å²) in [6.07, 6.45) is 0.0144. The van der Waals surface area contributed by atoms with E-state index in [-0.39, 0.29) is 11.9 Å². The summed E-state index contributed by atoms with van der Waals surface area (Å²) in [6, 6.07) is 6.42. The highest BCUT2D eigenvalue weighted by molar-refractivity contribution is 6.32. The van der Waals surface area contributed by atoms with Crippen LogP contribution >= 0.6 is 11.6 Å². The zero-order valence-corrected chi connectivity index (χ0v) is 12.5. The summed E-state index contributed by atoms with van der Waals surface area (Å²) >= 11 is 5.98. The van der Waals surface area contributed by atoms with Crippen LogP contribution in [0.5, 0.6) is 5.75 Å². The number of nitrogens with one attached hydrogen (secondary N) is 1. The number of para-hydroxylation sites is 1. The van der Waals surface area contributed by atoms with E-state index in [1.807, 2.05) is 0 Å². The van der Waals surface area contributed by atoms with Crippen LogP contribution in [0.15, 0.2) is 24.3 Å². The second kappa shape index (κ2) is 6.67. The topological polar surface area (TPSA) is 84.7 Å². The largest absolute Gasteiger partial charge is 0.479 e. The van der Waals surface area contributed by atoms with Crippen LogP contribution in [0.3, 0.4) is 0 Å². The van der Waals surface area contributed by atoms with Crippen molar-refractivity contribution in [3.63, 3.8) is 0 Å². The van der Waals surface area contributed by atoms with Gasteiger partial charge in [0.2, 0.25) is 0 Å². The highest BCUT2D eigenvalue weighted by atomic mass is 35.5. The minimum absolute atomic E-state index is 0.0951. The van der Waals surface area contributed by atoms with Gasteiger partial charge in [0, 0.05) is 19.1 Å². The fourth-order valence-corrected chi connectivity index (χ4v) is 2.36. The molecular weight excluding hydrogens is 294 g/mol. The van der Waals surface area contributed by atoms with E-state index in [4.69, 9.17) is 22.1 Å². The molecule has 1 fully saturated rings. The molecule has 114 valence electrons. The molecule has 1 aliphatic heterocycles. The number of benzene rings is 1. The molecule has 21 heavy (non-hydrogen) atoms. The molecule has 2 rings (SSSR count). The van der Waals surface area contributed by atoms with Crippen molar-refractivity contribution in [2.24, 2.45) is 5.73 Å². The Morgan fingerprint density at radius 1 is 1.48 bits per heavy atom. The zero-order valence-electron chi connectivity index (χ0n) is 11.7. The van der Waals surface area contributed by atoms with E-state index in [1.54, 1.807) is 31.2 Å². The molecule has 1 aliphatic rings. The number of halogens is 1. The number of likely N-dealkylation sites (tertiary alicyclic amines) is 1. The number of primary amides is 1. The van der Waals surface area contributed by atoms with Crippen LogP contribution in [0.4, 0.5) is 4.79 Å². The van der Waals surface area contributed by atoms with Crippen molar-refractivity contribution in [1.82, 2.24) is 10.2 Å². The Hall–Kier alpha value is -1.95. The summed E-state index contributed by atoms with van der Waals surface area (Å²) in [5, 5.41) is 3.30. The number of nitrogens with two attached hydrogens (primary N) is 1. The summed E-state index contributed by atoms with van der Waals surface area (Å²) in [5.74, 6) is 0.221. The van der Waals surface area contributed by atoms with E-state index in [0.29, 0.717) is 30.3 Å². The van der Waals surface area contributed by atoms with Gasteiger partial charge >= 0.3 is 6.03 Å². The monoisotopic (exact) mass is 311 g/mol. The molecule has 6 nitrogen and oxygen atoms in total. The first kappa shape index (κ1) is 15.4. The molecule has 1 aromatic rings. The molecule has 3 N–H and O–H groups in total. The summed E-state index contributed by atoms with van der Waals surface area (Å²) in [6.45, 7) is 2.64. The number of ether oxygens (including phenoxy) is 1. The lowest BCUT2D eigenvalue weighted by Gasteiger charge is -2.19. The van der Waals surface area contributed by atoms with E-state index in [2.05, 4.69) is 5.32 Å². The van der Waals surface area contributed by atoms with Gasteiger partial charge in [-0.1, -0.05) is 23.7 Å². The van der Waals surface area contributed by atoms with Crippen LogP contribution in [-0.4, -0.2) is 42.1 Å². The maximum atomic E-state index is 12.1. The van der Waals surface area contributed by atoms with Gasteiger partial charge in [-0.2, -0.15) is 0 Å². The molecule has 2 unspecified atom stereocenters. The summed E-state index contributed by atoms with van der Waals surface area (Å²) in [7, 11) is 0. The average Bonchev–Trinajstić information content (AvgIpc) is 2.90. The first-order valence-corrected chi connectivity index (χ1v) is 7.11. The molecule has 1 aromatic carbocycles. The third kappa shape index (κ3) is 4.01. The molecule has 0 aromatic heterocycles. The van der Waals surface area contributed by atoms with Gasteiger partial charge in [-0.25, -0.2) is 4.79 Å². The predicted molar refractivity (Wildman–Crippen MR) is 79.2 cm³/mol. The van der Waals surface area contributed by atoms with E-state index >= 15 is 0 Å². The highest BCUT2D eigenvalue weighted by Gasteiger charge is 2.27. The summed E-state index contributed by atoms with van der Waals surface area (Å²) in [5.41, 5.74) is 5.20. The standard InChI is InChI=1S/C14H18ClN3O3/c1-9(21-12-5-3-2-4-11(12)15)13(19)17-10-6-7-18(8-10)14(16)20/h2-5,9-10H,6-8H2,1H3,(H2,16,20)(H,17,19). The highest BCUT2D eigenvalue weighted by Crippen LogP contribution is 2.24. The Balaban J connectivity index is 1.86. The van der Waals surface area contributed by atoms with Crippen LogP contribution in [0.2, 0.25) is 5.02 Å². The number of carbonyl (C=O) groups is 2. The van der Waals surface area contributed by atoms with Gasteiger partial charge in [0.05, 0.1) is 5.02 Å². The van der Waals surface area contributed by atoms with Crippen LogP contribution in [0, 0.1) is 0 Å². The van der Waals surface area contributed by atoms with Crippen LogP contribution in [0.25, 0.3) is 0 Å². The maximum absolute atomic E-state index is 12.1. The Labute approximate surface area is 128 Å². The smallest absolute Gasteiger partial charge is 0.314 e. The second-order valence-electron chi connectivity index (χ2n) is 4.97. The minimum atomic E-state index is -0.674. The van der Waals surface area contributed by atoms with Crippen molar-refractivity contribution < 1.29 is 14.3 Å². The Kier molecular flexibility index (Phi) is 4.90. The first-order valence-electron chi connectivity index (χ1n) is 6.73. The molecule has 3 amide bonds. The van der Waals surface area contributed by atoms with E-state index in [0.717, 1.165) is 0 Å². The lowest BCUT2D eigenvalue weighted by Crippen LogP contribution is -2.44. The van der Waals surface area contributed by atoms with Crippen LogP contribution < -0.4 is 15.8 Å². The average molecular weight is 312 g/mol. The minimum Gasteiger partial charge on any atom is -0.479 e. The van der Waals surface area contributed by atoms with E-state index in [9.17, 15) is 9.59 Å². The molecule has 0 spiro atoms. The number of amides is 3. The lowest BCUT2D eigenvalue weighted by molar-refractivity contribution is -0.127. The Morgan fingerprint density at radius 3 is 2.81 bits per heavy atom. The zero-order chi connectivity index (χ0) is 15.4. The van der Waals surface area contributed by atoms with Gasteiger partial charge in [0.1, 0.15) is 5.75 Å². The molecule has 1 heterocycles. The van der Waals surface area contributed by atoms with Crippen LogP contribution in [-0.2, 0) is 4.79 Å². The number of hydrogen-bond donors (Lipinski definition) is 2. The number of rotatable bonds is 4. The van der Waals surface area contributed by atoms with Crippen molar-refractivity contribution in [3.8, 4) is 5.75 Å². The van der Waals surface area contributed by atoms with Crippen molar-refractivity contribution in [2.45, 2.75) is 25.5 Å². The van der Waals surface area contributed by atoms with Crippen LogP contribution in [0.1, 0.15) is 13.3 Å². The number of urea groups is 1. The Bertz CT molecular complexity index is 538. The molecule has 7 heteroatoms. The fraction of sp³-hybridized carbons (Fsp3) is 0.429. The van der Waals surface area contributed by atoms with Gasteiger partial charge in [-0.15, -0.1) is 0 Å². The van der Waals surface area contributed by atoms with Gasteiger partial charge in [0.25, 0.3) is 5.91 Å². The first-order chi connectivity index (χ1) is 9.97. The molecule has 2 atom stereocenters. The maximum Gasteiger partial charge on any atom is 0.314 e. The van der Waals surface area contributed by atoms with Crippen molar-refractivity contribution in [1.29, 1.82) is 0 Å². The van der Waals surface area contributed by atoms with Crippen molar-refractivity contribution in [3.05, 3.63) is 29.3 Å². The SMILES string of the molecule is CC(Oc1ccccc1Cl)C(=O)NC1CCN(C(N)=O)C1. The van der Waals surface area contributed by atoms with Gasteiger partial charge < -0.3 is 20.7 Å². The fourth-order valence-electron chi connectivity index (χ4n) is 2.18. The Morgan fingerprint density at radius 2 is 2.19 bits per heavy atom. The molecule has 1 saturated heterocycles. The number of hydrogen-bond acceptors (Lipinski definition) is 3. The second-order valence-corrected chi connectivity index (χ2v) is 5.38. The van der Waals surface area contributed by atoms with E-state index < -0.39 is 12.1 Å². The normalized spacial score (nSPS) is 19.1. The van der Waals surface area contributed by atoms with Gasteiger partial charge in [-0.3, -0.25) is 4.79 Å². The van der Waals surface area contributed by atoms with Crippen molar-refractivity contribution >= 4 is 23.5 Å². The van der Waals surface area contributed by atoms with Crippen molar-refractivity contribution in [2.75, 3.05) is 13.1 Å². The number of nitrogens with zero attached hydrogens (tertiary/aromatic N) is 1. The molecule has 0 aliphatic carbocycles. The molecular formula is C14H18ClN3O3.